The van der Waals surface area contributed by atoms with Gasteiger partial charge < -0.3 is 20.1 Å². The first-order valence-electron chi connectivity index (χ1n) is 10.7. The predicted molar refractivity (Wildman–Crippen MR) is 127 cm³/mol. The second kappa shape index (κ2) is 10.7. The van der Waals surface area contributed by atoms with Gasteiger partial charge in [-0.3, -0.25) is 4.79 Å². The van der Waals surface area contributed by atoms with Crippen LogP contribution in [-0.2, 0) is 0 Å². The van der Waals surface area contributed by atoms with Crippen molar-refractivity contribution in [1.29, 1.82) is 0 Å². The Labute approximate surface area is 201 Å². The Morgan fingerprint density at radius 2 is 1.97 bits per heavy atom. The average molecular weight is 492 g/mol. The molecule has 174 valence electrons. The molecule has 2 aromatic carbocycles. The summed E-state index contributed by atoms with van der Waals surface area (Å²) in [6, 6.07) is 13.1. The summed E-state index contributed by atoms with van der Waals surface area (Å²) in [5.41, 5.74) is 1.10. The number of carbonyl (C=O) groups is 1. The maximum absolute atomic E-state index is 13.5. The van der Waals surface area contributed by atoms with E-state index in [9.17, 15) is 14.3 Å². The molecule has 1 unspecified atom stereocenters. The lowest BCUT2D eigenvalue weighted by atomic mass is 10.0. The first kappa shape index (κ1) is 23.7. The largest absolute Gasteiger partial charge is 0.491 e. The summed E-state index contributed by atoms with van der Waals surface area (Å²) in [6.07, 6.45) is 0.820. The highest BCUT2D eigenvalue weighted by atomic mass is 35.5. The highest BCUT2D eigenvalue weighted by molar-refractivity contribution is 6.31. The maximum atomic E-state index is 13.5. The van der Waals surface area contributed by atoms with E-state index in [4.69, 9.17) is 27.9 Å². The highest BCUT2D eigenvalue weighted by Crippen LogP contribution is 2.21. The molecule has 1 saturated heterocycles. The third-order valence-corrected chi connectivity index (χ3v) is 6.15. The minimum Gasteiger partial charge on any atom is -0.491 e. The highest BCUT2D eigenvalue weighted by Gasteiger charge is 2.23. The van der Waals surface area contributed by atoms with Crippen molar-refractivity contribution in [2.75, 3.05) is 26.2 Å². The van der Waals surface area contributed by atoms with E-state index in [2.05, 4.69) is 15.2 Å². The monoisotopic (exact) mass is 491 g/mol. The normalized spacial score (nSPS) is 16.0. The third kappa shape index (κ3) is 6.32. The van der Waals surface area contributed by atoms with E-state index in [0.717, 1.165) is 36.8 Å². The molecule has 1 aliphatic heterocycles. The lowest BCUT2D eigenvalue weighted by Crippen LogP contribution is -2.47. The smallest absolute Gasteiger partial charge is 0.270 e. The summed E-state index contributed by atoms with van der Waals surface area (Å²) in [5.74, 6) is -0.437. The molecule has 0 radical (unpaired) electrons. The summed E-state index contributed by atoms with van der Waals surface area (Å²) in [7, 11) is 0. The number of piperidine rings is 1. The molecule has 0 aliphatic carbocycles. The van der Waals surface area contributed by atoms with E-state index in [-0.39, 0.29) is 23.6 Å². The van der Waals surface area contributed by atoms with Gasteiger partial charge in [0, 0.05) is 42.2 Å². The Kier molecular flexibility index (Phi) is 7.65. The molecule has 2 heterocycles. The Morgan fingerprint density at radius 1 is 1.18 bits per heavy atom. The molecular formula is C24H24Cl2FN3O3. The van der Waals surface area contributed by atoms with Crippen LogP contribution in [0.15, 0.2) is 48.5 Å². The standard InChI is InChI=1S/C24H24Cl2FN3O3/c25-16-2-6-22-15(11-16)1-5-23(29-22)24(32)28-17-7-9-30(10-8-17)13-18(31)14-33-19-3-4-20(26)21(27)12-19/h1-6,11-12,17-18,31H,7-10,13-14H2,(H,28,32). The number of nitrogens with zero attached hydrogens (tertiary/aromatic N) is 2. The van der Waals surface area contributed by atoms with Gasteiger partial charge in [-0.2, -0.15) is 0 Å². The Bertz CT molecular complexity index is 1140. The molecule has 1 amide bonds. The van der Waals surface area contributed by atoms with Crippen LogP contribution in [0.2, 0.25) is 10.0 Å². The Morgan fingerprint density at radius 3 is 2.73 bits per heavy atom. The number of hydrogen-bond donors (Lipinski definition) is 2. The van der Waals surface area contributed by atoms with Crippen molar-refractivity contribution in [3.63, 3.8) is 0 Å². The van der Waals surface area contributed by atoms with Crippen molar-refractivity contribution >= 4 is 40.0 Å². The van der Waals surface area contributed by atoms with E-state index in [1.807, 2.05) is 12.1 Å². The van der Waals surface area contributed by atoms with Crippen LogP contribution >= 0.6 is 23.2 Å². The van der Waals surface area contributed by atoms with Crippen LogP contribution in [0.25, 0.3) is 10.9 Å². The first-order valence-corrected chi connectivity index (χ1v) is 11.5. The minimum absolute atomic E-state index is 0.0270. The fraction of sp³-hybridized carbons (Fsp3) is 0.333. The lowest BCUT2D eigenvalue weighted by Gasteiger charge is -2.33. The molecule has 1 aromatic heterocycles. The number of hydrogen-bond acceptors (Lipinski definition) is 5. The van der Waals surface area contributed by atoms with Crippen molar-refractivity contribution < 1.29 is 19.0 Å². The molecular weight excluding hydrogens is 468 g/mol. The van der Waals surface area contributed by atoms with Crippen LogP contribution in [0.3, 0.4) is 0 Å². The van der Waals surface area contributed by atoms with Gasteiger partial charge in [0.15, 0.2) is 0 Å². The summed E-state index contributed by atoms with van der Waals surface area (Å²) in [5, 5.41) is 14.9. The third-order valence-electron chi connectivity index (χ3n) is 5.61. The topological polar surface area (TPSA) is 74.7 Å². The molecule has 1 fully saturated rings. The number of ether oxygens (including phenoxy) is 1. The van der Waals surface area contributed by atoms with Gasteiger partial charge >= 0.3 is 0 Å². The van der Waals surface area contributed by atoms with Crippen LogP contribution < -0.4 is 10.1 Å². The Hall–Kier alpha value is -2.45. The minimum atomic E-state index is -0.717. The number of aliphatic hydroxyl groups is 1. The lowest BCUT2D eigenvalue weighted by molar-refractivity contribution is 0.0566. The van der Waals surface area contributed by atoms with Gasteiger partial charge in [-0.15, -0.1) is 0 Å². The number of rotatable bonds is 7. The average Bonchev–Trinajstić information content (AvgIpc) is 2.80. The quantitative estimate of drug-likeness (QED) is 0.514. The number of fused-ring (bicyclic) bond motifs is 1. The van der Waals surface area contributed by atoms with E-state index < -0.39 is 11.9 Å². The number of nitrogens with one attached hydrogen (secondary N) is 1. The van der Waals surface area contributed by atoms with Gasteiger partial charge in [-0.25, -0.2) is 9.37 Å². The van der Waals surface area contributed by atoms with Crippen molar-refractivity contribution in [1.82, 2.24) is 15.2 Å². The van der Waals surface area contributed by atoms with Crippen molar-refractivity contribution in [2.24, 2.45) is 0 Å². The number of β-amino-alcohol motifs (C(OH)–C–C–N with tert-alkyl or cyclic N) is 1. The van der Waals surface area contributed by atoms with E-state index in [1.54, 1.807) is 24.3 Å². The molecule has 4 rings (SSSR count). The molecule has 9 heteroatoms. The molecule has 0 spiro atoms. The predicted octanol–water partition coefficient (Wildman–Crippen LogP) is 4.31. The molecule has 1 aliphatic rings. The number of amides is 1. The number of benzene rings is 2. The summed E-state index contributed by atoms with van der Waals surface area (Å²) >= 11 is 11.7. The number of aliphatic hydroxyl groups excluding tert-OH is 1. The fourth-order valence-electron chi connectivity index (χ4n) is 3.85. The zero-order chi connectivity index (χ0) is 23.4. The maximum Gasteiger partial charge on any atom is 0.270 e. The summed E-state index contributed by atoms with van der Waals surface area (Å²) in [4.78, 5) is 19.2. The molecule has 6 nitrogen and oxygen atoms in total. The van der Waals surface area contributed by atoms with Gasteiger partial charge in [-0.05, 0) is 49.2 Å². The fourth-order valence-corrected chi connectivity index (χ4v) is 4.15. The van der Waals surface area contributed by atoms with Gasteiger partial charge in [-0.1, -0.05) is 29.3 Å². The zero-order valence-electron chi connectivity index (χ0n) is 17.8. The van der Waals surface area contributed by atoms with Gasteiger partial charge in [0.2, 0.25) is 0 Å². The summed E-state index contributed by atoms with van der Waals surface area (Å²) in [6.45, 7) is 1.96. The van der Waals surface area contributed by atoms with Crippen molar-refractivity contribution in [3.05, 3.63) is 70.1 Å². The number of likely N-dealkylation sites (tertiary alicyclic amines) is 1. The zero-order valence-corrected chi connectivity index (χ0v) is 19.3. The number of pyridine rings is 1. The van der Waals surface area contributed by atoms with Crippen molar-refractivity contribution in [3.8, 4) is 5.75 Å². The van der Waals surface area contributed by atoms with Gasteiger partial charge in [0.05, 0.1) is 10.5 Å². The van der Waals surface area contributed by atoms with E-state index in [0.29, 0.717) is 23.0 Å². The van der Waals surface area contributed by atoms with Gasteiger partial charge in [0.1, 0.15) is 30.0 Å². The molecule has 3 aromatic rings. The van der Waals surface area contributed by atoms with Gasteiger partial charge in [0.25, 0.3) is 5.91 Å². The first-order chi connectivity index (χ1) is 15.9. The van der Waals surface area contributed by atoms with Crippen LogP contribution in [0.1, 0.15) is 23.3 Å². The molecule has 33 heavy (non-hydrogen) atoms. The number of aromatic nitrogens is 1. The molecule has 2 N–H and O–H groups in total. The van der Waals surface area contributed by atoms with E-state index in [1.165, 1.54) is 12.1 Å². The SMILES string of the molecule is O=C(NC1CCN(CC(O)COc2ccc(Cl)c(F)c2)CC1)c1ccc2cc(Cl)ccc2n1. The molecule has 1 atom stereocenters. The van der Waals surface area contributed by atoms with Crippen LogP contribution in [-0.4, -0.2) is 59.3 Å². The van der Waals surface area contributed by atoms with Crippen LogP contribution in [0.5, 0.6) is 5.75 Å². The van der Waals surface area contributed by atoms with Crippen LogP contribution in [0.4, 0.5) is 4.39 Å². The number of halogens is 3. The van der Waals surface area contributed by atoms with Crippen molar-refractivity contribution in [2.45, 2.75) is 25.0 Å². The van der Waals surface area contributed by atoms with Crippen LogP contribution in [0, 0.1) is 5.82 Å². The van der Waals surface area contributed by atoms with E-state index >= 15 is 0 Å². The summed E-state index contributed by atoms with van der Waals surface area (Å²) < 4.78 is 18.9. The Balaban J connectivity index is 1.22. The molecule has 0 saturated carbocycles. The second-order valence-corrected chi connectivity index (χ2v) is 8.97. The second-order valence-electron chi connectivity index (χ2n) is 8.12. The number of carbonyl (C=O) groups excluding carboxylic acids is 1. The molecule has 0 bridgehead atoms.